The molecule has 0 aliphatic carbocycles. The average Bonchev–Trinajstić information content (AvgIpc) is 2.88. The minimum atomic E-state index is -0.397. The van der Waals surface area contributed by atoms with Crippen molar-refractivity contribution < 1.29 is 14.6 Å². The summed E-state index contributed by atoms with van der Waals surface area (Å²) in [4.78, 5) is 15.5. The fourth-order valence-corrected chi connectivity index (χ4v) is 3.70. The summed E-state index contributed by atoms with van der Waals surface area (Å²) in [6, 6.07) is 11.1. The predicted octanol–water partition coefficient (Wildman–Crippen LogP) is 2.73. The number of aromatic hydroxyl groups is 1. The van der Waals surface area contributed by atoms with E-state index in [0.29, 0.717) is 11.6 Å². The number of hydrogen-bond acceptors (Lipinski definition) is 5. The van der Waals surface area contributed by atoms with Gasteiger partial charge in [0.15, 0.2) is 5.06 Å². The highest BCUT2D eigenvalue weighted by molar-refractivity contribution is 7.13. The maximum atomic E-state index is 12.2. The summed E-state index contributed by atoms with van der Waals surface area (Å²) < 4.78 is 4.99. The van der Waals surface area contributed by atoms with Crippen LogP contribution in [0.25, 0.3) is 0 Å². The van der Waals surface area contributed by atoms with Gasteiger partial charge in [-0.2, -0.15) is 0 Å². The molecular weight excluding hydrogens is 286 g/mol. The molecule has 2 heterocycles. The Morgan fingerprint density at radius 1 is 1.38 bits per heavy atom. The topological polar surface area (TPSA) is 49.8 Å². The number of methoxy groups -OCH3 is 1. The van der Waals surface area contributed by atoms with Gasteiger partial charge in [-0.15, -0.1) is 11.3 Å². The molecule has 0 fully saturated rings. The molecule has 1 aliphatic rings. The molecule has 2 aromatic rings. The van der Waals surface area contributed by atoms with Crippen LogP contribution in [0.15, 0.2) is 36.4 Å². The van der Waals surface area contributed by atoms with Crippen LogP contribution in [0.5, 0.6) is 5.06 Å². The zero-order valence-electron chi connectivity index (χ0n) is 11.8. The lowest BCUT2D eigenvalue weighted by molar-refractivity contribution is -0.147. The molecular formula is C16H17NO3S. The maximum Gasteiger partial charge on any atom is 0.327 e. The van der Waals surface area contributed by atoms with Gasteiger partial charge in [0.1, 0.15) is 6.04 Å². The highest BCUT2D eigenvalue weighted by Crippen LogP contribution is 2.35. The highest BCUT2D eigenvalue weighted by Gasteiger charge is 2.31. The molecule has 5 heteroatoms. The van der Waals surface area contributed by atoms with Gasteiger partial charge in [0, 0.05) is 18.0 Å². The number of carbonyl (C=O) groups excluding carboxylic acids is 1. The first kappa shape index (κ1) is 14.1. The van der Waals surface area contributed by atoms with Crippen LogP contribution < -0.4 is 0 Å². The number of ether oxygens (including phenoxy) is 1. The molecule has 1 aliphatic heterocycles. The molecule has 21 heavy (non-hydrogen) atoms. The SMILES string of the molecule is COC(=O)[C@H](c1ccccc1)N1CCc2sc(O)cc2C1. The molecule has 3 rings (SSSR count). The number of fused-ring (bicyclic) bond motifs is 1. The van der Waals surface area contributed by atoms with E-state index in [2.05, 4.69) is 4.90 Å². The zero-order valence-corrected chi connectivity index (χ0v) is 12.6. The smallest absolute Gasteiger partial charge is 0.327 e. The quantitative estimate of drug-likeness (QED) is 0.886. The summed E-state index contributed by atoms with van der Waals surface area (Å²) in [7, 11) is 1.42. The Labute approximate surface area is 127 Å². The van der Waals surface area contributed by atoms with Gasteiger partial charge in [-0.3, -0.25) is 4.90 Å². The first-order valence-electron chi connectivity index (χ1n) is 6.86. The summed E-state index contributed by atoms with van der Waals surface area (Å²) in [6.07, 6.45) is 0.848. The Balaban J connectivity index is 1.90. The second-order valence-corrected chi connectivity index (χ2v) is 6.21. The molecule has 0 radical (unpaired) electrons. The van der Waals surface area contributed by atoms with E-state index in [0.717, 1.165) is 24.1 Å². The van der Waals surface area contributed by atoms with Crippen LogP contribution in [0.4, 0.5) is 0 Å². The van der Waals surface area contributed by atoms with E-state index in [4.69, 9.17) is 4.74 Å². The Morgan fingerprint density at radius 3 is 2.86 bits per heavy atom. The van der Waals surface area contributed by atoms with Crippen molar-refractivity contribution in [2.24, 2.45) is 0 Å². The normalized spacial score (nSPS) is 16.2. The van der Waals surface area contributed by atoms with E-state index < -0.39 is 6.04 Å². The molecule has 0 bridgehead atoms. The van der Waals surface area contributed by atoms with Crippen molar-refractivity contribution in [1.29, 1.82) is 0 Å². The second-order valence-electron chi connectivity index (χ2n) is 5.09. The lowest BCUT2D eigenvalue weighted by Crippen LogP contribution is -2.38. The molecule has 0 unspecified atom stereocenters. The van der Waals surface area contributed by atoms with Gasteiger partial charge in [0.05, 0.1) is 7.11 Å². The third-order valence-corrected chi connectivity index (χ3v) is 4.83. The average molecular weight is 303 g/mol. The summed E-state index contributed by atoms with van der Waals surface area (Å²) in [5.41, 5.74) is 2.04. The van der Waals surface area contributed by atoms with E-state index in [1.54, 1.807) is 6.07 Å². The minimum absolute atomic E-state index is 0.246. The van der Waals surface area contributed by atoms with Crippen LogP contribution >= 0.6 is 11.3 Å². The van der Waals surface area contributed by atoms with Crippen LogP contribution in [0.1, 0.15) is 22.0 Å². The Hall–Kier alpha value is -1.85. The zero-order chi connectivity index (χ0) is 14.8. The van der Waals surface area contributed by atoms with Crippen LogP contribution in [0, 0.1) is 0 Å². The van der Waals surface area contributed by atoms with Crippen LogP contribution in [0.3, 0.4) is 0 Å². The Bertz CT molecular complexity index is 638. The van der Waals surface area contributed by atoms with E-state index in [-0.39, 0.29) is 5.97 Å². The molecule has 0 spiro atoms. The summed E-state index contributed by atoms with van der Waals surface area (Å²) in [6.45, 7) is 1.43. The standard InChI is InChI=1S/C16H17NO3S/c1-20-16(19)15(11-5-3-2-4-6-11)17-8-7-13-12(10-17)9-14(18)21-13/h2-6,9,15,18H,7-8,10H2,1H3/t15-/m0/s1. The monoisotopic (exact) mass is 303 g/mol. The van der Waals surface area contributed by atoms with Crippen molar-refractivity contribution in [3.05, 3.63) is 52.4 Å². The van der Waals surface area contributed by atoms with Crippen molar-refractivity contribution in [1.82, 2.24) is 4.90 Å². The fraction of sp³-hybridized carbons (Fsp3) is 0.312. The number of carbonyl (C=O) groups is 1. The molecule has 0 amide bonds. The molecule has 1 aromatic carbocycles. The molecule has 1 atom stereocenters. The number of hydrogen-bond donors (Lipinski definition) is 1. The summed E-state index contributed by atoms with van der Waals surface area (Å²) in [5.74, 6) is -0.246. The van der Waals surface area contributed by atoms with Crippen molar-refractivity contribution in [3.63, 3.8) is 0 Å². The van der Waals surface area contributed by atoms with E-state index in [9.17, 15) is 9.90 Å². The van der Waals surface area contributed by atoms with Crippen molar-refractivity contribution in [3.8, 4) is 5.06 Å². The molecule has 0 saturated heterocycles. The van der Waals surface area contributed by atoms with E-state index >= 15 is 0 Å². The van der Waals surface area contributed by atoms with Gasteiger partial charge in [-0.25, -0.2) is 4.79 Å². The molecule has 110 valence electrons. The van der Waals surface area contributed by atoms with Gasteiger partial charge in [0.25, 0.3) is 0 Å². The lowest BCUT2D eigenvalue weighted by Gasteiger charge is -2.32. The molecule has 1 aromatic heterocycles. The lowest BCUT2D eigenvalue weighted by atomic mass is 10.0. The number of nitrogens with zero attached hydrogens (tertiary/aromatic N) is 1. The van der Waals surface area contributed by atoms with E-state index in [1.165, 1.54) is 23.3 Å². The minimum Gasteiger partial charge on any atom is -0.499 e. The summed E-state index contributed by atoms with van der Waals surface area (Å²) >= 11 is 1.43. The number of esters is 1. The molecule has 0 saturated carbocycles. The number of rotatable bonds is 3. The predicted molar refractivity (Wildman–Crippen MR) is 81.3 cm³/mol. The van der Waals surface area contributed by atoms with Gasteiger partial charge in [0.2, 0.25) is 0 Å². The first-order chi connectivity index (χ1) is 10.2. The van der Waals surface area contributed by atoms with Gasteiger partial charge < -0.3 is 9.84 Å². The van der Waals surface area contributed by atoms with Gasteiger partial charge in [-0.05, 0) is 23.6 Å². The van der Waals surface area contributed by atoms with Crippen LogP contribution in [-0.4, -0.2) is 29.6 Å². The van der Waals surface area contributed by atoms with Crippen molar-refractivity contribution in [2.45, 2.75) is 19.0 Å². The Morgan fingerprint density at radius 2 is 2.14 bits per heavy atom. The largest absolute Gasteiger partial charge is 0.499 e. The number of thiophene rings is 1. The third kappa shape index (κ3) is 2.80. The Kier molecular flexibility index (Phi) is 3.94. The highest BCUT2D eigenvalue weighted by atomic mass is 32.1. The van der Waals surface area contributed by atoms with Crippen molar-refractivity contribution >= 4 is 17.3 Å². The first-order valence-corrected chi connectivity index (χ1v) is 7.68. The third-order valence-electron chi connectivity index (χ3n) is 3.79. The fourth-order valence-electron chi connectivity index (χ4n) is 2.80. The summed E-state index contributed by atoms with van der Waals surface area (Å²) in [5, 5.41) is 9.97. The number of benzene rings is 1. The van der Waals surface area contributed by atoms with Gasteiger partial charge >= 0.3 is 5.97 Å². The van der Waals surface area contributed by atoms with E-state index in [1.807, 2.05) is 30.3 Å². The van der Waals surface area contributed by atoms with Crippen LogP contribution in [0.2, 0.25) is 0 Å². The second kappa shape index (κ2) is 5.87. The maximum absolute atomic E-state index is 12.2. The van der Waals surface area contributed by atoms with Gasteiger partial charge in [-0.1, -0.05) is 30.3 Å². The molecule has 1 N–H and O–H groups in total. The molecule has 4 nitrogen and oxygen atoms in total. The van der Waals surface area contributed by atoms with Crippen LogP contribution in [-0.2, 0) is 22.5 Å². The van der Waals surface area contributed by atoms with Crippen molar-refractivity contribution in [2.75, 3.05) is 13.7 Å².